The minimum absolute atomic E-state index is 0.0834. The lowest BCUT2D eigenvalue weighted by Crippen LogP contribution is -2.16. The number of pyridine rings is 1. The van der Waals surface area contributed by atoms with Crippen LogP contribution in [0.25, 0.3) is 0 Å². The summed E-state index contributed by atoms with van der Waals surface area (Å²) in [5.41, 5.74) is 0.391. The van der Waals surface area contributed by atoms with Crippen molar-refractivity contribution in [3.63, 3.8) is 0 Å². The summed E-state index contributed by atoms with van der Waals surface area (Å²) < 4.78 is 4.84. The van der Waals surface area contributed by atoms with E-state index in [0.29, 0.717) is 5.56 Å². The number of carbonyl (C=O) groups excluding carboxylic acids is 1. The molecule has 0 aromatic carbocycles. The molecule has 1 atom stereocenters. The van der Waals surface area contributed by atoms with Gasteiger partial charge in [-0.15, -0.1) is 11.8 Å². The summed E-state index contributed by atoms with van der Waals surface area (Å²) in [6.07, 6.45) is 1.57. The molecule has 0 aliphatic rings. The number of carbonyl (C=O) groups is 1. The summed E-state index contributed by atoms with van der Waals surface area (Å²) in [6, 6.07) is 5.43. The van der Waals surface area contributed by atoms with Gasteiger partial charge in [-0.3, -0.25) is 4.79 Å². The lowest BCUT2D eigenvalue weighted by atomic mass is 9.99. The molecule has 19 heavy (non-hydrogen) atoms. The molecule has 1 aromatic heterocycles. The molecule has 0 aliphatic heterocycles. The number of hydrogen-bond acceptors (Lipinski definition) is 6. The van der Waals surface area contributed by atoms with Crippen molar-refractivity contribution in [1.82, 2.24) is 4.98 Å². The Bertz CT molecular complexity index is 546. The summed E-state index contributed by atoms with van der Waals surface area (Å²) in [5.74, 6) is -0.926. The van der Waals surface area contributed by atoms with Crippen molar-refractivity contribution in [3.8, 4) is 12.1 Å². The van der Waals surface area contributed by atoms with E-state index in [1.54, 1.807) is 19.2 Å². The first-order valence-corrected chi connectivity index (χ1v) is 6.75. The van der Waals surface area contributed by atoms with Gasteiger partial charge in [0.15, 0.2) is 5.92 Å². The van der Waals surface area contributed by atoms with Gasteiger partial charge in [-0.1, -0.05) is 6.92 Å². The zero-order chi connectivity index (χ0) is 14.3. The van der Waals surface area contributed by atoms with Crippen LogP contribution in [-0.4, -0.2) is 23.3 Å². The number of hydrogen-bond donors (Lipinski definition) is 0. The van der Waals surface area contributed by atoms with E-state index in [1.807, 2.05) is 19.1 Å². The minimum Gasteiger partial charge on any atom is -0.465 e. The largest absolute Gasteiger partial charge is 0.465 e. The van der Waals surface area contributed by atoms with Crippen LogP contribution in [0.3, 0.4) is 0 Å². The molecular formula is C13H13N3O2S. The van der Waals surface area contributed by atoms with E-state index >= 15 is 0 Å². The molecule has 0 aliphatic carbocycles. The van der Waals surface area contributed by atoms with E-state index < -0.39 is 11.9 Å². The number of ether oxygens (including phenoxy) is 1. The van der Waals surface area contributed by atoms with Crippen molar-refractivity contribution in [1.29, 1.82) is 10.5 Å². The van der Waals surface area contributed by atoms with Gasteiger partial charge in [-0.2, -0.15) is 10.5 Å². The van der Waals surface area contributed by atoms with Crippen molar-refractivity contribution >= 4 is 17.7 Å². The van der Waals surface area contributed by atoms with Crippen LogP contribution in [0.15, 0.2) is 17.2 Å². The highest BCUT2D eigenvalue weighted by molar-refractivity contribution is 7.99. The number of aromatic nitrogens is 1. The van der Waals surface area contributed by atoms with Crippen LogP contribution in [0.4, 0.5) is 0 Å². The number of thioether (sulfide) groups is 1. The highest BCUT2D eigenvalue weighted by Gasteiger charge is 2.25. The Balaban J connectivity index is 3.21. The third-order valence-electron chi connectivity index (χ3n) is 2.27. The zero-order valence-electron chi connectivity index (χ0n) is 10.7. The Morgan fingerprint density at radius 2 is 2.26 bits per heavy atom. The average molecular weight is 275 g/mol. The van der Waals surface area contributed by atoms with E-state index in [2.05, 4.69) is 4.98 Å². The SMILES string of the molecule is CCOC(=O)C(C#N)c1cc(SCC)cnc1C#N. The fourth-order valence-electron chi connectivity index (χ4n) is 1.50. The second-order valence-electron chi connectivity index (χ2n) is 3.47. The number of nitrogens with zero attached hydrogens (tertiary/aromatic N) is 3. The normalized spacial score (nSPS) is 11.2. The maximum absolute atomic E-state index is 11.7. The summed E-state index contributed by atoms with van der Waals surface area (Å²) in [7, 11) is 0. The third kappa shape index (κ3) is 3.70. The Kier molecular flexibility index (Phi) is 5.84. The van der Waals surface area contributed by atoms with Gasteiger partial charge in [-0.05, 0) is 18.7 Å². The van der Waals surface area contributed by atoms with Crippen LogP contribution < -0.4 is 0 Å². The molecule has 98 valence electrons. The second kappa shape index (κ2) is 7.40. The molecule has 6 heteroatoms. The summed E-state index contributed by atoms with van der Waals surface area (Å²) in [6.45, 7) is 3.84. The predicted octanol–water partition coefficient (Wildman–Crippen LogP) is 2.24. The summed E-state index contributed by atoms with van der Waals surface area (Å²) in [4.78, 5) is 16.5. The van der Waals surface area contributed by atoms with Gasteiger partial charge in [0.25, 0.3) is 0 Å². The van der Waals surface area contributed by atoms with E-state index in [9.17, 15) is 4.79 Å². The van der Waals surface area contributed by atoms with E-state index in [-0.39, 0.29) is 12.3 Å². The molecule has 0 saturated heterocycles. The fourth-order valence-corrected chi connectivity index (χ4v) is 2.17. The molecule has 0 radical (unpaired) electrons. The molecule has 0 spiro atoms. The van der Waals surface area contributed by atoms with Crippen molar-refractivity contribution in [3.05, 3.63) is 23.5 Å². The molecule has 0 saturated carbocycles. The third-order valence-corrected chi connectivity index (χ3v) is 3.12. The maximum atomic E-state index is 11.7. The predicted molar refractivity (Wildman–Crippen MR) is 70.3 cm³/mol. The van der Waals surface area contributed by atoms with Gasteiger partial charge >= 0.3 is 5.97 Å². The molecular weight excluding hydrogens is 262 g/mol. The van der Waals surface area contributed by atoms with E-state index in [1.165, 1.54) is 11.8 Å². The quantitative estimate of drug-likeness (QED) is 0.605. The maximum Gasteiger partial charge on any atom is 0.328 e. The summed E-state index contributed by atoms with van der Waals surface area (Å²) in [5, 5.41) is 18.1. The number of rotatable bonds is 5. The lowest BCUT2D eigenvalue weighted by molar-refractivity contribution is -0.143. The molecule has 1 unspecified atom stereocenters. The smallest absolute Gasteiger partial charge is 0.328 e. The molecule has 0 bridgehead atoms. The molecule has 5 nitrogen and oxygen atoms in total. The van der Waals surface area contributed by atoms with Gasteiger partial charge in [0, 0.05) is 16.7 Å². The van der Waals surface area contributed by atoms with Crippen LogP contribution in [0, 0.1) is 22.7 Å². The average Bonchev–Trinajstić information content (AvgIpc) is 2.41. The molecule has 1 rings (SSSR count). The molecule has 0 fully saturated rings. The first-order valence-electron chi connectivity index (χ1n) is 5.77. The first kappa shape index (κ1) is 15.0. The Morgan fingerprint density at radius 3 is 2.79 bits per heavy atom. The van der Waals surface area contributed by atoms with Gasteiger partial charge < -0.3 is 4.74 Å². The molecule has 0 N–H and O–H groups in total. The zero-order valence-corrected chi connectivity index (χ0v) is 11.5. The fraction of sp³-hybridized carbons (Fsp3) is 0.385. The standard InChI is InChI=1S/C13H13N3O2S/c1-3-18-13(17)11(6-14)10-5-9(19-4-2)8-16-12(10)7-15/h5,8,11H,3-4H2,1-2H3. The summed E-state index contributed by atoms with van der Waals surface area (Å²) >= 11 is 1.53. The van der Waals surface area contributed by atoms with Gasteiger partial charge in [0.05, 0.1) is 12.7 Å². The van der Waals surface area contributed by atoms with Gasteiger partial charge in [0.2, 0.25) is 0 Å². The van der Waals surface area contributed by atoms with Crippen molar-refractivity contribution in [2.45, 2.75) is 24.7 Å². The number of esters is 1. The minimum atomic E-state index is -1.11. The lowest BCUT2D eigenvalue weighted by Gasteiger charge is -2.10. The molecule has 1 heterocycles. The van der Waals surface area contributed by atoms with Crippen LogP contribution in [0.1, 0.15) is 31.0 Å². The van der Waals surface area contributed by atoms with Crippen molar-refractivity contribution in [2.24, 2.45) is 0 Å². The van der Waals surface area contributed by atoms with Gasteiger partial charge in [0.1, 0.15) is 11.8 Å². The molecule has 0 amide bonds. The first-order chi connectivity index (χ1) is 9.17. The number of nitriles is 2. The van der Waals surface area contributed by atoms with Crippen molar-refractivity contribution in [2.75, 3.05) is 12.4 Å². The highest BCUT2D eigenvalue weighted by atomic mass is 32.2. The Morgan fingerprint density at radius 1 is 1.53 bits per heavy atom. The van der Waals surface area contributed by atoms with Crippen LogP contribution in [0.5, 0.6) is 0 Å². The second-order valence-corrected chi connectivity index (χ2v) is 4.81. The highest BCUT2D eigenvalue weighted by Crippen LogP contribution is 2.25. The van der Waals surface area contributed by atoms with Crippen molar-refractivity contribution < 1.29 is 9.53 Å². The van der Waals surface area contributed by atoms with Crippen LogP contribution in [0.2, 0.25) is 0 Å². The Hall–Kier alpha value is -2.05. The topological polar surface area (TPSA) is 86.8 Å². The van der Waals surface area contributed by atoms with Crippen LogP contribution >= 0.6 is 11.8 Å². The van der Waals surface area contributed by atoms with Crippen LogP contribution in [-0.2, 0) is 9.53 Å². The van der Waals surface area contributed by atoms with Gasteiger partial charge in [-0.25, -0.2) is 4.98 Å². The molecule has 1 aromatic rings. The Labute approximate surface area is 116 Å². The van der Waals surface area contributed by atoms with E-state index in [4.69, 9.17) is 15.3 Å². The monoisotopic (exact) mass is 275 g/mol. The van der Waals surface area contributed by atoms with E-state index in [0.717, 1.165) is 10.6 Å².